The maximum Gasteiger partial charge on any atom is 0.322 e. The molecule has 0 fully saturated rings. The van der Waals surface area contributed by atoms with Gasteiger partial charge in [-0.3, -0.25) is 20.2 Å². The first-order valence-corrected chi connectivity index (χ1v) is 9.99. The second-order valence-corrected chi connectivity index (χ2v) is 7.84. The highest BCUT2D eigenvalue weighted by Crippen LogP contribution is 2.27. The molecule has 148 valence electrons. The van der Waals surface area contributed by atoms with E-state index in [4.69, 9.17) is 4.42 Å². The van der Waals surface area contributed by atoms with Crippen LogP contribution in [0.15, 0.2) is 63.9 Å². The number of nitrogens with zero attached hydrogens (tertiary/aromatic N) is 3. The van der Waals surface area contributed by atoms with Gasteiger partial charge >= 0.3 is 6.01 Å². The van der Waals surface area contributed by atoms with Crippen LogP contribution in [-0.2, 0) is 14.6 Å². The summed E-state index contributed by atoms with van der Waals surface area (Å²) in [5.41, 5.74) is 0.580. The molecule has 3 aromatic rings. The molecule has 1 amide bonds. The van der Waals surface area contributed by atoms with Crippen molar-refractivity contribution in [3.05, 3.63) is 70.3 Å². The van der Waals surface area contributed by atoms with Gasteiger partial charge in [-0.15, -0.1) is 5.10 Å². The van der Waals surface area contributed by atoms with Gasteiger partial charge < -0.3 is 4.42 Å². The molecule has 0 saturated heterocycles. The molecule has 0 radical (unpaired) electrons. The lowest BCUT2D eigenvalue weighted by Gasteiger charge is -2.03. The Morgan fingerprint density at radius 1 is 1.17 bits per heavy atom. The zero-order valence-electron chi connectivity index (χ0n) is 15.0. The average Bonchev–Trinajstić information content (AvgIpc) is 3.14. The molecule has 1 aromatic heterocycles. The number of amides is 1. The summed E-state index contributed by atoms with van der Waals surface area (Å²) in [4.78, 5) is 22.3. The van der Waals surface area contributed by atoms with Crippen molar-refractivity contribution < 1.29 is 22.6 Å². The molecular formula is C18H14N4O6S. The van der Waals surface area contributed by atoms with Crippen molar-refractivity contribution in [1.29, 1.82) is 0 Å². The molecule has 0 spiro atoms. The van der Waals surface area contributed by atoms with E-state index in [9.17, 15) is 23.3 Å². The minimum atomic E-state index is -3.52. The molecule has 0 bridgehead atoms. The number of hydrogen-bond donors (Lipinski definition) is 1. The van der Waals surface area contributed by atoms with E-state index in [1.165, 1.54) is 36.4 Å². The number of anilines is 1. The van der Waals surface area contributed by atoms with Gasteiger partial charge in [0.1, 0.15) is 0 Å². The summed E-state index contributed by atoms with van der Waals surface area (Å²) in [7, 11) is -3.52. The van der Waals surface area contributed by atoms with Crippen LogP contribution in [0.5, 0.6) is 0 Å². The molecule has 0 unspecified atom stereocenters. The molecule has 0 aliphatic heterocycles. The predicted molar refractivity (Wildman–Crippen MR) is 104 cm³/mol. The normalized spacial score (nSPS) is 11.5. The first kappa shape index (κ1) is 19.9. The summed E-state index contributed by atoms with van der Waals surface area (Å²) >= 11 is 0. The zero-order valence-corrected chi connectivity index (χ0v) is 15.8. The van der Waals surface area contributed by atoms with Crippen LogP contribution in [0.4, 0.5) is 11.7 Å². The third-order valence-electron chi connectivity index (χ3n) is 3.68. The number of hydrogen-bond acceptors (Lipinski definition) is 8. The summed E-state index contributed by atoms with van der Waals surface area (Å²) in [6.07, 6.45) is 3.59. The lowest BCUT2D eigenvalue weighted by molar-refractivity contribution is -0.384. The van der Waals surface area contributed by atoms with Crippen LogP contribution >= 0.6 is 0 Å². The number of aromatic nitrogens is 2. The number of carbonyl (C=O) groups is 1. The van der Waals surface area contributed by atoms with Gasteiger partial charge in [-0.05, 0) is 23.8 Å². The van der Waals surface area contributed by atoms with Gasteiger partial charge in [0, 0.05) is 24.5 Å². The summed E-state index contributed by atoms with van der Waals surface area (Å²) in [5, 5.41) is 20.6. The molecule has 0 aliphatic rings. The first-order valence-electron chi connectivity index (χ1n) is 8.10. The van der Waals surface area contributed by atoms with E-state index in [1.807, 2.05) is 0 Å². The fourth-order valence-electron chi connectivity index (χ4n) is 2.41. The summed E-state index contributed by atoms with van der Waals surface area (Å²) in [5.74, 6) is -0.674. The molecule has 2 aromatic carbocycles. The van der Waals surface area contributed by atoms with E-state index in [-0.39, 0.29) is 28.1 Å². The van der Waals surface area contributed by atoms with E-state index in [2.05, 4.69) is 15.5 Å². The molecule has 3 rings (SSSR count). The molecule has 0 atom stereocenters. The number of nitro groups is 1. The number of nitro benzene ring substituents is 1. The van der Waals surface area contributed by atoms with E-state index in [0.717, 1.165) is 12.3 Å². The van der Waals surface area contributed by atoms with Gasteiger partial charge in [0.15, 0.2) is 9.84 Å². The molecule has 1 N–H and O–H groups in total. The Hall–Kier alpha value is -3.86. The fourth-order valence-corrected chi connectivity index (χ4v) is 3.29. The minimum Gasteiger partial charge on any atom is -0.403 e. The Balaban J connectivity index is 1.75. The minimum absolute atomic E-state index is 0.0205. The fraction of sp³-hybridized carbons (Fsp3) is 0.0556. The SMILES string of the molecule is CS(=O)(=O)c1ccccc1-c1nnc(NC(=O)C=Cc2cccc([N+](=O)[O-])c2)o1. The van der Waals surface area contributed by atoms with Crippen molar-refractivity contribution in [3.63, 3.8) is 0 Å². The second-order valence-electron chi connectivity index (χ2n) is 5.86. The molecule has 1 heterocycles. The average molecular weight is 414 g/mol. The summed E-state index contributed by atoms with van der Waals surface area (Å²) < 4.78 is 29.1. The highest BCUT2D eigenvalue weighted by molar-refractivity contribution is 7.90. The van der Waals surface area contributed by atoms with Gasteiger partial charge in [-0.2, -0.15) is 0 Å². The second kappa shape index (κ2) is 8.02. The van der Waals surface area contributed by atoms with Crippen molar-refractivity contribution in [2.75, 3.05) is 11.6 Å². The van der Waals surface area contributed by atoms with Gasteiger partial charge in [-0.1, -0.05) is 29.4 Å². The van der Waals surface area contributed by atoms with Crippen LogP contribution in [0, 0.1) is 10.1 Å². The van der Waals surface area contributed by atoms with E-state index >= 15 is 0 Å². The Kier molecular flexibility index (Phi) is 5.50. The Labute approximate surface area is 165 Å². The van der Waals surface area contributed by atoms with E-state index < -0.39 is 20.7 Å². The molecule has 0 saturated carbocycles. The maximum atomic E-state index is 12.0. The largest absolute Gasteiger partial charge is 0.403 e. The van der Waals surface area contributed by atoms with Crippen molar-refractivity contribution >= 4 is 33.5 Å². The predicted octanol–water partition coefficient (Wildman–Crippen LogP) is 2.70. The lowest BCUT2D eigenvalue weighted by Crippen LogP contribution is -2.07. The number of sulfone groups is 1. The van der Waals surface area contributed by atoms with Crippen molar-refractivity contribution in [1.82, 2.24) is 10.2 Å². The van der Waals surface area contributed by atoms with Gasteiger partial charge in [0.2, 0.25) is 0 Å². The standard InChI is InChI=1S/C18H14N4O6S/c1-29(26,27)15-8-3-2-7-14(15)17-20-21-18(28-17)19-16(23)10-9-12-5-4-6-13(11-12)22(24)25/h2-11H,1H3,(H,19,21,23). The van der Waals surface area contributed by atoms with Crippen molar-refractivity contribution in [2.24, 2.45) is 0 Å². The summed E-state index contributed by atoms with van der Waals surface area (Å²) in [6, 6.07) is 11.6. The van der Waals surface area contributed by atoms with Crippen LogP contribution < -0.4 is 5.32 Å². The van der Waals surface area contributed by atoms with Gasteiger partial charge in [0.25, 0.3) is 17.5 Å². The van der Waals surface area contributed by atoms with Crippen LogP contribution in [0.3, 0.4) is 0 Å². The topological polar surface area (TPSA) is 145 Å². The Bertz CT molecular complexity index is 1220. The Morgan fingerprint density at radius 2 is 1.93 bits per heavy atom. The molecule has 0 aliphatic carbocycles. The summed E-state index contributed by atoms with van der Waals surface area (Å²) in [6.45, 7) is 0. The highest BCUT2D eigenvalue weighted by atomic mass is 32.2. The van der Waals surface area contributed by atoms with Crippen molar-refractivity contribution in [2.45, 2.75) is 4.90 Å². The number of rotatable bonds is 6. The third-order valence-corrected chi connectivity index (χ3v) is 4.84. The van der Waals surface area contributed by atoms with Crippen LogP contribution in [0.2, 0.25) is 0 Å². The van der Waals surface area contributed by atoms with Gasteiger partial charge in [0.05, 0.1) is 15.4 Å². The first-order chi connectivity index (χ1) is 13.7. The smallest absolute Gasteiger partial charge is 0.322 e. The Morgan fingerprint density at radius 3 is 2.66 bits per heavy atom. The number of non-ortho nitro benzene ring substituents is 1. The maximum absolute atomic E-state index is 12.0. The zero-order chi connectivity index (χ0) is 21.0. The quantitative estimate of drug-likeness (QED) is 0.368. The molecule has 29 heavy (non-hydrogen) atoms. The molecule has 10 nitrogen and oxygen atoms in total. The number of carbonyl (C=O) groups excluding carboxylic acids is 1. The van der Waals surface area contributed by atoms with E-state index in [1.54, 1.807) is 18.2 Å². The highest BCUT2D eigenvalue weighted by Gasteiger charge is 2.19. The molecule has 11 heteroatoms. The van der Waals surface area contributed by atoms with E-state index in [0.29, 0.717) is 5.56 Å². The third kappa shape index (κ3) is 4.90. The number of benzene rings is 2. The van der Waals surface area contributed by atoms with Crippen LogP contribution in [0.1, 0.15) is 5.56 Å². The van der Waals surface area contributed by atoms with Crippen LogP contribution in [-0.4, -0.2) is 35.7 Å². The van der Waals surface area contributed by atoms with Crippen molar-refractivity contribution in [3.8, 4) is 11.5 Å². The monoisotopic (exact) mass is 414 g/mol. The van der Waals surface area contributed by atoms with Crippen LogP contribution in [0.25, 0.3) is 17.5 Å². The van der Waals surface area contributed by atoms with Gasteiger partial charge in [-0.25, -0.2) is 8.42 Å². The lowest BCUT2D eigenvalue weighted by atomic mass is 10.2. The number of nitrogens with one attached hydrogen (secondary N) is 1. The molecular weight excluding hydrogens is 400 g/mol.